The molecule has 31 heavy (non-hydrogen) atoms. The lowest BCUT2D eigenvalue weighted by atomic mass is 10.2. The van der Waals surface area contributed by atoms with Crippen molar-refractivity contribution in [2.75, 3.05) is 5.32 Å². The van der Waals surface area contributed by atoms with E-state index in [0.29, 0.717) is 28.0 Å². The first-order chi connectivity index (χ1) is 15.0. The lowest BCUT2D eigenvalue weighted by Crippen LogP contribution is -2.14. The van der Waals surface area contributed by atoms with Gasteiger partial charge < -0.3 is 10.1 Å². The number of anilines is 1. The fourth-order valence-electron chi connectivity index (χ4n) is 3.00. The Balaban J connectivity index is 1.34. The van der Waals surface area contributed by atoms with Gasteiger partial charge in [-0.25, -0.2) is 4.68 Å². The molecular formula is C22H19Cl2N5O2. The van der Waals surface area contributed by atoms with Crippen LogP contribution in [0.15, 0.2) is 67.1 Å². The van der Waals surface area contributed by atoms with E-state index < -0.39 is 0 Å². The number of nitrogens with one attached hydrogen (secondary N) is 1. The van der Waals surface area contributed by atoms with Gasteiger partial charge in [-0.15, -0.1) is 0 Å². The maximum Gasteiger partial charge on any atom is 0.276 e. The zero-order valence-corrected chi connectivity index (χ0v) is 18.1. The molecule has 2 heterocycles. The summed E-state index contributed by atoms with van der Waals surface area (Å²) < 4.78 is 9.02. The van der Waals surface area contributed by atoms with Gasteiger partial charge in [0, 0.05) is 22.4 Å². The molecule has 0 aliphatic carbocycles. The minimum Gasteiger partial charge on any atom is -0.471 e. The minimum absolute atomic E-state index is 0.174. The average Bonchev–Trinajstić information content (AvgIpc) is 3.37. The van der Waals surface area contributed by atoms with E-state index in [4.69, 9.17) is 27.9 Å². The largest absolute Gasteiger partial charge is 0.471 e. The number of aryl methyl sites for hydroxylation is 1. The first-order valence-electron chi connectivity index (χ1n) is 9.47. The Labute approximate surface area is 189 Å². The van der Waals surface area contributed by atoms with Crippen LogP contribution >= 0.6 is 23.2 Å². The fraction of sp³-hybridized carbons (Fsp3) is 0.136. The summed E-state index contributed by atoms with van der Waals surface area (Å²) in [4.78, 5) is 12.5. The number of benzene rings is 2. The molecule has 0 bridgehead atoms. The molecule has 0 fully saturated rings. The first kappa shape index (κ1) is 21.0. The van der Waals surface area contributed by atoms with Gasteiger partial charge in [0.2, 0.25) is 0 Å². The number of ether oxygens (including phenoxy) is 1. The van der Waals surface area contributed by atoms with E-state index in [0.717, 1.165) is 11.1 Å². The highest BCUT2D eigenvalue weighted by molar-refractivity contribution is 6.30. The van der Waals surface area contributed by atoms with Crippen LogP contribution in [-0.2, 0) is 13.3 Å². The van der Waals surface area contributed by atoms with Crippen LogP contribution in [0.5, 0.6) is 5.75 Å². The number of carbonyl (C=O) groups excluding carboxylic acids is 1. The van der Waals surface area contributed by atoms with Crippen molar-refractivity contribution < 1.29 is 9.53 Å². The third-order valence-corrected chi connectivity index (χ3v) is 4.96. The molecule has 2 aromatic carbocycles. The quantitative estimate of drug-likeness (QED) is 0.423. The predicted octanol–water partition coefficient (Wildman–Crippen LogP) is 5.03. The van der Waals surface area contributed by atoms with E-state index in [1.165, 1.54) is 0 Å². The molecule has 0 radical (unpaired) electrons. The van der Waals surface area contributed by atoms with Crippen LogP contribution in [0.4, 0.5) is 5.69 Å². The molecule has 0 saturated carbocycles. The van der Waals surface area contributed by atoms with E-state index in [2.05, 4.69) is 15.5 Å². The van der Waals surface area contributed by atoms with Crippen molar-refractivity contribution in [1.29, 1.82) is 0 Å². The third kappa shape index (κ3) is 5.45. The van der Waals surface area contributed by atoms with E-state index in [1.54, 1.807) is 46.2 Å². The van der Waals surface area contributed by atoms with Gasteiger partial charge in [-0.05, 0) is 54.4 Å². The van der Waals surface area contributed by atoms with Crippen molar-refractivity contribution in [3.63, 3.8) is 0 Å². The number of amides is 1. The molecular weight excluding hydrogens is 437 g/mol. The number of halogens is 2. The Morgan fingerprint density at radius 2 is 1.94 bits per heavy atom. The van der Waals surface area contributed by atoms with Gasteiger partial charge in [-0.3, -0.25) is 9.48 Å². The maximum atomic E-state index is 12.5. The SMILES string of the molecule is Cc1cc(Cl)ccc1OCn1ccc(C(=O)Nc2cnn(Cc3cccc(Cl)c3)c2)n1. The lowest BCUT2D eigenvalue weighted by molar-refractivity contribution is 0.102. The third-order valence-electron chi connectivity index (χ3n) is 4.49. The summed E-state index contributed by atoms with van der Waals surface area (Å²) in [5, 5.41) is 12.7. The Kier molecular flexibility index (Phi) is 6.25. The van der Waals surface area contributed by atoms with Crippen molar-refractivity contribution in [2.45, 2.75) is 20.2 Å². The summed E-state index contributed by atoms with van der Waals surface area (Å²) in [6.45, 7) is 2.63. The number of hydrogen-bond donors (Lipinski definition) is 1. The van der Waals surface area contributed by atoms with Crippen LogP contribution in [0.25, 0.3) is 0 Å². The van der Waals surface area contributed by atoms with Crippen LogP contribution in [0, 0.1) is 6.92 Å². The maximum absolute atomic E-state index is 12.5. The molecule has 4 aromatic rings. The first-order valence-corrected chi connectivity index (χ1v) is 10.2. The molecule has 7 nitrogen and oxygen atoms in total. The predicted molar refractivity (Wildman–Crippen MR) is 120 cm³/mol. The normalized spacial score (nSPS) is 10.8. The molecule has 0 unspecified atom stereocenters. The lowest BCUT2D eigenvalue weighted by Gasteiger charge is -2.09. The van der Waals surface area contributed by atoms with Crippen molar-refractivity contribution in [3.8, 4) is 5.75 Å². The highest BCUT2D eigenvalue weighted by atomic mass is 35.5. The fourth-order valence-corrected chi connectivity index (χ4v) is 3.44. The number of hydrogen-bond acceptors (Lipinski definition) is 4. The van der Waals surface area contributed by atoms with Crippen LogP contribution < -0.4 is 10.1 Å². The van der Waals surface area contributed by atoms with Gasteiger partial charge >= 0.3 is 0 Å². The van der Waals surface area contributed by atoms with Gasteiger partial charge in [0.15, 0.2) is 12.4 Å². The number of aromatic nitrogens is 4. The molecule has 158 valence electrons. The monoisotopic (exact) mass is 455 g/mol. The molecule has 0 saturated heterocycles. The Bertz CT molecular complexity index is 1220. The van der Waals surface area contributed by atoms with Gasteiger partial charge in [0.1, 0.15) is 5.75 Å². The van der Waals surface area contributed by atoms with E-state index in [1.807, 2.05) is 37.3 Å². The second-order valence-corrected chi connectivity index (χ2v) is 7.81. The molecule has 0 atom stereocenters. The van der Waals surface area contributed by atoms with Gasteiger partial charge in [-0.2, -0.15) is 10.2 Å². The molecule has 1 amide bonds. The number of rotatable bonds is 7. The minimum atomic E-state index is -0.330. The second kappa shape index (κ2) is 9.24. The van der Waals surface area contributed by atoms with Crippen LogP contribution in [0.2, 0.25) is 10.0 Å². The summed E-state index contributed by atoms with van der Waals surface area (Å²) in [5.41, 5.74) is 2.80. The van der Waals surface area contributed by atoms with Crippen molar-refractivity contribution in [1.82, 2.24) is 19.6 Å². The summed E-state index contributed by atoms with van der Waals surface area (Å²) in [7, 11) is 0. The van der Waals surface area contributed by atoms with Crippen molar-refractivity contribution >= 4 is 34.8 Å². The zero-order valence-electron chi connectivity index (χ0n) is 16.6. The molecule has 0 aliphatic rings. The Morgan fingerprint density at radius 1 is 1.10 bits per heavy atom. The molecule has 1 N–H and O–H groups in total. The smallest absolute Gasteiger partial charge is 0.276 e. The average molecular weight is 456 g/mol. The van der Waals surface area contributed by atoms with E-state index in [9.17, 15) is 4.79 Å². The molecule has 2 aromatic heterocycles. The summed E-state index contributed by atoms with van der Waals surface area (Å²) >= 11 is 12.0. The summed E-state index contributed by atoms with van der Waals surface area (Å²) in [6.07, 6.45) is 5.02. The highest BCUT2D eigenvalue weighted by Crippen LogP contribution is 2.22. The highest BCUT2D eigenvalue weighted by Gasteiger charge is 2.12. The van der Waals surface area contributed by atoms with Crippen molar-refractivity contribution in [2.24, 2.45) is 0 Å². The molecule has 0 spiro atoms. The van der Waals surface area contributed by atoms with E-state index in [-0.39, 0.29) is 18.3 Å². The summed E-state index contributed by atoms with van der Waals surface area (Å²) in [6, 6.07) is 14.6. The number of carbonyl (C=O) groups is 1. The topological polar surface area (TPSA) is 74.0 Å². The summed E-state index contributed by atoms with van der Waals surface area (Å²) in [5.74, 6) is 0.377. The standard InChI is InChI=1S/C22H19Cl2N5O2/c1-15-9-18(24)5-6-21(15)31-14-28-8-7-20(27-28)22(30)26-19-11-25-29(13-19)12-16-3-2-4-17(23)10-16/h2-11,13H,12,14H2,1H3,(H,26,30). The van der Waals surface area contributed by atoms with Crippen LogP contribution in [0.3, 0.4) is 0 Å². The van der Waals surface area contributed by atoms with Crippen molar-refractivity contribution in [3.05, 3.63) is 94.0 Å². The molecule has 4 rings (SSSR count). The van der Waals surface area contributed by atoms with Crippen LogP contribution in [-0.4, -0.2) is 25.5 Å². The zero-order chi connectivity index (χ0) is 21.8. The molecule has 0 aliphatic heterocycles. The van der Waals surface area contributed by atoms with Gasteiger partial charge in [-0.1, -0.05) is 35.3 Å². The number of nitrogens with zero attached hydrogens (tertiary/aromatic N) is 4. The Morgan fingerprint density at radius 3 is 2.74 bits per heavy atom. The van der Waals surface area contributed by atoms with E-state index >= 15 is 0 Å². The van der Waals surface area contributed by atoms with Crippen LogP contribution in [0.1, 0.15) is 21.6 Å². The van der Waals surface area contributed by atoms with Gasteiger partial charge in [0.05, 0.1) is 18.4 Å². The molecule has 9 heteroatoms. The second-order valence-electron chi connectivity index (χ2n) is 6.93. The van der Waals surface area contributed by atoms with Gasteiger partial charge in [0.25, 0.3) is 5.91 Å². The Hall–Kier alpha value is -3.29.